The van der Waals surface area contributed by atoms with Crippen LogP contribution in [0.2, 0.25) is 0 Å². The van der Waals surface area contributed by atoms with Crippen molar-refractivity contribution in [3.63, 3.8) is 0 Å². The van der Waals surface area contributed by atoms with E-state index in [0.717, 1.165) is 34.5 Å². The molecule has 0 bridgehead atoms. The Bertz CT molecular complexity index is 989. The molecule has 0 aliphatic heterocycles. The fourth-order valence-corrected chi connectivity index (χ4v) is 4.14. The second-order valence-electron chi connectivity index (χ2n) is 7.89. The first-order valence-corrected chi connectivity index (χ1v) is 11.9. The van der Waals surface area contributed by atoms with Crippen LogP contribution in [0, 0.1) is 6.92 Å². The predicted molar refractivity (Wildman–Crippen MR) is 132 cm³/mol. The zero-order chi connectivity index (χ0) is 22.8. The molecule has 0 spiro atoms. The third kappa shape index (κ3) is 7.24. The van der Waals surface area contributed by atoms with Gasteiger partial charge in [0.25, 0.3) is 0 Å². The average molecular weight is 450 g/mol. The van der Waals surface area contributed by atoms with Crippen molar-refractivity contribution in [3.8, 4) is 0 Å². The molecule has 1 N–H and O–H groups in total. The van der Waals surface area contributed by atoms with Crippen molar-refractivity contribution < 1.29 is 9.59 Å². The van der Waals surface area contributed by atoms with Crippen LogP contribution in [0.15, 0.2) is 72.1 Å². The summed E-state index contributed by atoms with van der Waals surface area (Å²) in [5.74, 6) is -0.0576. The molecule has 0 saturated heterocycles. The summed E-state index contributed by atoms with van der Waals surface area (Å²) in [4.78, 5) is 31.0. The quantitative estimate of drug-likeness (QED) is 0.418. The van der Waals surface area contributed by atoms with Crippen molar-refractivity contribution in [1.29, 1.82) is 0 Å². The molecule has 6 heteroatoms. The number of benzene rings is 2. The summed E-state index contributed by atoms with van der Waals surface area (Å²) in [6.07, 6.45) is 1.80. The molecule has 3 rings (SSSR count). The fraction of sp³-hybridized carbons (Fsp3) is 0.308. The Balaban J connectivity index is 1.73. The van der Waals surface area contributed by atoms with Crippen LogP contribution in [-0.2, 0) is 17.9 Å². The Morgan fingerprint density at radius 2 is 1.75 bits per heavy atom. The lowest BCUT2D eigenvalue weighted by molar-refractivity contribution is -0.133. The van der Waals surface area contributed by atoms with Gasteiger partial charge in [-0.15, -0.1) is 11.3 Å². The molecule has 1 heterocycles. The van der Waals surface area contributed by atoms with Gasteiger partial charge in [-0.1, -0.05) is 61.9 Å². The van der Waals surface area contributed by atoms with Gasteiger partial charge < -0.3 is 15.1 Å². The van der Waals surface area contributed by atoms with E-state index in [1.165, 1.54) is 0 Å². The molecular formula is C26H31N3O2S. The summed E-state index contributed by atoms with van der Waals surface area (Å²) in [6, 6.07) is 21.4. The van der Waals surface area contributed by atoms with E-state index in [9.17, 15) is 9.59 Å². The lowest BCUT2D eigenvalue weighted by Gasteiger charge is -2.28. The Labute approximate surface area is 194 Å². The highest BCUT2D eigenvalue weighted by Gasteiger charge is 2.22. The maximum atomic E-state index is 13.4. The number of hydrogen-bond donors (Lipinski definition) is 1. The second-order valence-corrected chi connectivity index (χ2v) is 8.92. The third-order valence-electron chi connectivity index (χ3n) is 5.16. The van der Waals surface area contributed by atoms with Gasteiger partial charge in [-0.25, -0.2) is 4.79 Å². The minimum Gasteiger partial charge on any atom is -0.332 e. The molecule has 2 aromatic carbocycles. The molecule has 3 amide bonds. The molecule has 0 saturated carbocycles. The van der Waals surface area contributed by atoms with E-state index in [0.29, 0.717) is 19.6 Å². The number of amides is 3. The molecule has 5 nitrogen and oxygen atoms in total. The minimum atomic E-state index is -0.242. The van der Waals surface area contributed by atoms with E-state index >= 15 is 0 Å². The normalized spacial score (nSPS) is 10.6. The Morgan fingerprint density at radius 3 is 2.44 bits per heavy atom. The van der Waals surface area contributed by atoms with Crippen LogP contribution < -0.4 is 5.32 Å². The first-order valence-electron chi connectivity index (χ1n) is 11.0. The van der Waals surface area contributed by atoms with Crippen LogP contribution in [0.25, 0.3) is 0 Å². The fourth-order valence-electron chi connectivity index (χ4n) is 3.42. The number of anilines is 1. The lowest BCUT2D eigenvalue weighted by atomic mass is 10.2. The lowest BCUT2D eigenvalue weighted by Crippen LogP contribution is -2.44. The summed E-state index contributed by atoms with van der Waals surface area (Å²) >= 11 is 1.63. The Kier molecular flexibility index (Phi) is 8.87. The second kappa shape index (κ2) is 12.1. The topological polar surface area (TPSA) is 52.7 Å². The number of nitrogens with one attached hydrogen (secondary N) is 1. The molecule has 168 valence electrons. The molecule has 3 aromatic rings. The summed E-state index contributed by atoms with van der Waals surface area (Å²) in [5, 5.41) is 4.97. The van der Waals surface area contributed by atoms with Crippen molar-refractivity contribution in [1.82, 2.24) is 9.80 Å². The van der Waals surface area contributed by atoms with E-state index in [1.54, 1.807) is 16.2 Å². The number of carbonyl (C=O) groups is 2. The van der Waals surface area contributed by atoms with Crippen LogP contribution in [-0.4, -0.2) is 34.8 Å². The number of thiophene rings is 1. The van der Waals surface area contributed by atoms with E-state index in [4.69, 9.17) is 0 Å². The number of hydrogen-bond acceptors (Lipinski definition) is 3. The molecule has 0 unspecified atom stereocenters. The maximum absolute atomic E-state index is 13.4. The number of rotatable bonds is 10. The van der Waals surface area contributed by atoms with Crippen molar-refractivity contribution in [2.75, 3.05) is 18.4 Å². The van der Waals surface area contributed by atoms with E-state index < -0.39 is 0 Å². The molecule has 0 radical (unpaired) electrons. The molecule has 0 fully saturated rings. The van der Waals surface area contributed by atoms with Gasteiger partial charge in [-0.2, -0.15) is 0 Å². The monoisotopic (exact) mass is 449 g/mol. The van der Waals surface area contributed by atoms with Crippen molar-refractivity contribution >= 4 is 29.0 Å². The molecule has 1 aromatic heterocycles. The van der Waals surface area contributed by atoms with E-state index in [-0.39, 0.29) is 18.5 Å². The van der Waals surface area contributed by atoms with Crippen molar-refractivity contribution in [2.45, 2.75) is 39.8 Å². The molecule has 32 heavy (non-hydrogen) atoms. The SMILES string of the molecule is CCCCN(CC(=O)N(Cc1ccccc1)Cc1cccs1)C(=O)Nc1cccc(C)c1. The number of aryl methyl sites for hydroxylation is 1. The van der Waals surface area contributed by atoms with Gasteiger partial charge in [0.15, 0.2) is 0 Å². The standard InChI is InChI=1S/C26H31N3O2S/c1-3-4-15-28(26(31)27-23-13-8-10-21(2)17-23)20-25(30)29(19-24-14-9-16-32-24)18-22-11-6-5-7-12-22/h5-14,16-17H,3-4,15,18-20H2,1-2H3,(H,27,31). The Hall–Kier alpha value is -3.12. The van der Waals surface area contributed by atoms with Gasteiger partial charge >= 0.3 is 6.03 Å². The van der Waals surface area contributed by atoms with Crippen LogP contribution in [0.1, 0.15) is 35.8 Å². The number of urea groups is 1. The molecule has 0 atom stereocenters. The van der Waals surface area contributed by atoms with Crippen molar-refractivity contribution in [3.05, 3.63) is 88.1 Å². The van der Waals surface area contributed by atoms with E-state index in [1.807, 2.05) is 83.9 Å². The number of unbranched alkanes of at least 4 members (excludes halogenated alkanes) is 1. The highest BCUT2D eigenvalue weighted by Crippen LogP contribution is 2.16. The van der Waals surface area contributed by atoms with Gasteiger partial charge in [0, 0.05) is 23.7 Å². The zero-order valence-corrected chi connectivity index (χ0v) is 19.6. The highest BCUT2D eigenvalue weighted by molar-refractivity contribution is 7.09. The smallest absolute Gasteiger partial charge is 0.322 e. The van der Waals surface area contributed by atoms with Crippen LogP contribution in [0.3, 0.4) is 0 Å². The van der Waals surface area contributed by atoms with Gasteiger partial charge in [0.2, 0.25) is 5.91 Å². The highest BCUT2D eigenvalue weighted by atomic mass is 32.1. The molecular weight excluding hydrogens is 418 g/mol. The van der Waals surface area contributed by atoms with Crippen molar-refractivity contribution in [2.24, 2.45) is 0 Å². The number of carbonyl (C=O) groups excluding carboxylic acids is 2. The van der Waals surface area contributed by atoms with Gasteiger partial charge in [0.1, 0.15) is 6.54 Å². The largest absolute Gasteiger partial charge is 0.332 e. The zero-order valence-electron chi connectivity index (χ0n) is 18.8. The third-order valence-corrected chi connectivity index (χ3v) is 6.02. The minimum absolute atomic E-state index is 0.0514. The summed E-state index contributed by atoms with van der Waals surface area (Å²) in [5.41, 5.74) is 2.88. The molecule has 0 aliphatic carbocycles. The van der Waals surface area contributed by atoms with E-state index in [2.05, 4.69) is 12.2 Å². The summed E-state index contributed by atoms with van der Waals surface area (Å²) in [6.45, 7) is 5.70. The van der Waals surface area contributed by atoms with Crippen LogP contribution in [0.5, 0.6) is 0 Å². The van der Waals surface area contributed by atoms with Crippen LogP contribution in [0.4, 0.5) is 10.5 Å². The van der Waals surface area contributed by atoms with Gasteiger partial charge in [0.05, 0.1) is 6.54 Å². The van der Waals surface area contributed by atoms with Gasteiger partial charge in [-0.3, -0.25) is 4.79 Å². The first kappa shape index (κ1) is 23.5. The summed E-state index contributed by atoms with van der Waals surface area (Å²) in [7, 11) is 0. The van der Waals surface area contributed by atoms with Crippen LogP contribution >= 0.6 is 11.3 Å². The average Bonchev–Trinajstić information content (AvgIpc) is 3.30. The summed E-state index contributed by atoms with van der Waals surface area (Å²) < 4.78 is 0. The maximum Gasteiger partial charge on any atom is 0.322 e. The number of nitrogens with zero attached hydrogens (tertiary/aromatic N) is 2. The Morgan fingerprint density at radius 1 is 0.938 bits per heavy atom. The predicted octanol–water partition coefficient (Wildman–Crippen LogP) is 5.92. The molecule has 0 aliphatic rings. The van der Waals surface area contributed by atoms with Gasteiger partial charge in [-0.05, 0) is 48.1 Å². The first-order chi connectivity index (χ1) is 15.5.